The Hall–Kier alpha value is -2.63. The quantitative estimate of drug-likeness (QED) is 0.701. The lowest BCUT2D eigenvalue weighted by molar-refractivity contribution is -0.134. The highest BCUT2D eigenvalue weighted by Crippen LogP contribution is 2.55. The number of rotatable bonds is 7. The van der Waals surface area contributed by atoms with Gasteiger partial charge in [-0.2, -0.15) is 0 Å². The number of hydrogen-bond acceptors (Lipinski definition) is 3. The van der Waals surface area contributed by atoms with Crippen molar-refractivity contribution in [3.05, 3.63) is 58.2 Å². The number of halogens is 1. The molecule has 0 spiro atoms. The van der Waals surface area contributed by atoms with E-state index >= 15 is 0 Å². The molecule has 6 heteroatoms. The zero-order chi connectivity index (χ0) is 21.5. The first-order valence-electron chi connectivity index (χ1n) is 10.2. The van der Waals surface area contributed by atoms with Gasteiger partial charge in [0.15, 0.2) is 0 Å². The van der Waals surface area contributed by atoms with Gasteiger partial charge in [-0.05, 0) is 55.7 Å². The summed E-state index contributed by atoms with van der Waals surface area (Å²) in [6, 6.07) is 5.58. The van der Waals surface area contributed by atoms with Gasteiger partial charge in [0, 0.05) is 17.9 Å². The van der Waals surface area contributed by atoms with Crippen molar-refractivity contribution in [1.82, 2.24) is 4.90 Å². The van der Waals surface area contributed by atoms with Crippen LogP contribution in [-0.2, 0) is 15.0 Å². The van der Waals surface area contributed by atoms with Crippen LogP contribution in [0.3, 0.4) is 0 Å². The number of hydrogen-bond donors (Lipinski definition) is 2. The molecule has 1 heterocycles. The highest BCUT2D eigenvalue weighted by molar-refractivity contribution is 6.01. The average Bonchev–Trinajstić information content (AvgIpc) is 3.50. The normalized spacial score (nSPS) is 22.5. The van der Waals surface area contributed by atoms with Gasteiger partial charge < -0.3 is 15.1 Å². The van der Waals surface area contributed by atoms with Crippen molar-refractivity contribution in [3.63, 3.8) is 0 Å². The van der Waals surface area contributed by atoms with Gasteiger partial charge in [0.1, 0.15) is 5.82 Å². The second-order valence-corrected chi connectivity index (χ2v) is 8.07. The first kappa shape index (κ1) is 21.1. The molecule has 1 unspecified atom stereocenters. The van der Waals surface area contributed by atoms with Gasteiger partial charge in [-0.1, -0.05) is 32.9 Å². The molecule has 29 heavy (non-hydrogen) atoms. The molecule has 1 aromatic rings. The van der Waals surface area contributed by atoms with Crippen LogP contribution in [0.15, 0.2) is 46.8 Å². The topological polar surface area (TPSA) is 77.8 Å². The molecule has 5 nitrogen and oxygen atoms in total. The molecule has 0 radical (unpaired) electrons. The lowest BCUT2D eigenvalue weighted by Gasteiger charge is -2.47. The van der Waals surface area contributed by atoms with Crippen LogP contribution in [0.25, 0.3) is 0 Å². The van der Waals surface area contributed by atoms with E-state index in [1.54, 1.807) is 6.92 Å². The number of carboxylic acid groups (broad SMARTS) is 2. The summed E-state index contributed by atoms with van der Waals surface area (Å²) < 4.78 is 13.7. The van der Waals surface area contributed by atoms with E-state index in [9.17, 15) is 24.2 Å². The Balaban J connectivity index is 2.50. The van der Waals surface area contributed by atoms with Gasteiger partial charge in [-0.3, -0.25) is 0 Å². The third kappa shape index (κ3) is 3.24. The molecule has 0 bridgehead atoms. The van der Waals surface area contributed by atoms with Crippen molar-refractivity contribution in [3.8, 4) is 0 Å². The van der Waals surface area contributed by atoms with Crippen molar-refractivity contribution in [1.29, 1.82) is 0 Å². The van der Waals surface area contributed by atoms with Gasteiger partial charge >= 0.3 is 11.9 Å². The summed E-state index contributed by atoms with van der Waals surface area (Å²) in [5.74, 6) is -2.70. The van der Waals surface area contributed by atoms with E-state index < -0.39 is 23.2 Å². The van der Waals surface area contributed by atoms with Gasteiger partial charge in [0.2, 0.25) is 0 Å². The monoisotopic (exact) mass is 401 g/mol. The standard InChI is InChI=1S/C23H28FNO4/c1-5-23(15-9-11-16(24)12-10-15)17(21(26)27)19(13(3)4)25(6-2)20(14-7-8-14)18(23)22(28)29/h9-14H,5-8H2,1-4H3,(H,26,27)(H,28,29). The molecule has 2 aliphatic rings. The minimum atomic E-state index is -1.34. The Labute approximate surface area is 170 Å². The van der Waals surface area contributed by atoms with E-state index in [1.165, 1.54) is 24.3 Å². The SMILES string of the molecule is CCN1C(C(C)C)=C(C(=O)O)C(CC)(c2ccc(F)cc2)C(C(=O)O)=C1C1CC1. The molecule has 1 fully saturated rings. The van der Waals surface area contributed by atoms with E-state index in [4.69, 9.17) is 0 Å². The number of allylic oxidation sites excluding steroid dienone is 2. The fourth-order valence-corrected chi connectivity index (χ4v) is 4.85. The molecule has 1 aromatic carbocycles. The summed E-state index contributed by atoms with van der Waals surface area (Å²) in [5.41, 5.74) is 0.749. The summed E-state index contributed by atoms with van der Waals surface area (Å²) in [6.45, 7) is 8.08. The highest BCUT2D eigenvalue weighted by Gasteiger charge is 2.54. The maximum atomic E-state index is 13.7. The number of carbonyl (C=O) groups is 2. The third-order valence-corrected chi connectivity index (χ3v) is 6.07. The Morgan fingerprint density at radius 3 is 2.03 bits per heavy atom. The summed E-state index contributed by atoms with van der Waals surface area (Å²) in [4.78, 5) is 27.2. The second kappa shape index (κ2) is 7.65. The summed E-state index contributed by atoms with van der Waals surface area (Å²) in [7, 11) is 0. The van der Waals surface area contributed by atoms with Crippen LogP contribution >= 0.6 is 0 Å². The molecule has 0 amide bonds. The number of aliphatic carboxylic acids is 2. The lowest BCUT2D eigenvalue weighted by Crippen LogP contribution is -2.47. The Bertz CT molecular complexity index is 856. The predicted molar refractivity (Wildman–Crippen MR) is 108 cm³/mol. The van der Waals surface area contributed by atoms with E-state index in [1.807, 2.05) is 25.7 Å². The van der Waals surface area contributed by atoms with Gasteiger partial charge in [0.25, 0.3) is 0 Å². The molecule has 1 aliphatic carbocycles. The van der Waals surface area contributed by atoms with Crippen molar-refractivity contribution >= 4 is 11.9 Å². The number of carboxylic acids is 2. The number of benzene rings is 1. The smallest absolute Gasteiger partial charge is 0.334 e. The molecule has 1 atom stereocenters. The molecule has 156 valence electrons. The van der Waals surface area contributed by atoms with Crippen molar-refractivity contribution in [2.45, 2.75) is 52.4 Å². The Morgan fingerprint density at radius 1 is 1.10 bits per heavy atom. The molecule has 1 saturated carbocycles. The van der Waals surface area contributed by atoms with Crippen LogP contribution in [0.4, 0.5) is 4.39 Å². The minimum Gasteiger partial charge on any atom is -0.478 e. The van der Waals surface area contributed by atoms with E-state index in [0.717, 1.165) is 18.5 Å². The Morgan fingerprint density at radius 2 is 1.66 bits per heavy atom. The van der Waals surface area contributed by atoms with E-state index in [0.29, 0.717) is 17.8 Å². The summed E-state index contributed by atoms with van der Waals surface area (Å²) in [5, 5.41) is 20.7. The molecule has 0 saturated heterocycles. The Kier molecular flexibility index (Phi) is 5.57. The summed E-state index contributed by atoms with van der Waals surface area (Å²) >= 11 is 0. The molecular formula is C23H28FNO4. The summed E-state index contributed by atoms with van der Waals surface area (Å²) in [6.07, 6.45) is 2.03. The van der Waals surface area contributed by atoms with Crippen molar-refractivity contribution in [2.75, 3.05) is 6.54 Å². The van der Waals surface area contributed by atoms with E-state index in [2.05, 4.69) is 0 Å². The maximum absolute atomic E-state index is 13.7. The molecular weight excluding hydrogens is 373 g/mol. The third-order valence-electron chi connectivity index (χ3n) is 6.07. The molecule has 2 N–H and O–H groups in total. The van der Waals surface area contributed by atoms with Crippen LogP contribution in [-0.4, -0.2) is 33.6 Å². The highest BCUT2D eigenvalue weighted by atomic mass is 19.1. The first-order valence-corrected chi connectivity index (χ1v) is 10.2. The zero-order valence-corrected chi connectivity index (χ0v) is 17.3. The van der Waals surface area contributed by atoms with Crippen LogP contribution < -0.4 is 0 Å². The van der Waals surface area contributed by atoms with Gasteiger partial charge in [-0.15, -0.1) is 0 Å². The fourth-order valence-electron chi connectivity index (χ4n) is 4.85. The average molecular weight is 401 g/mol. The van der Waals surface area contributed by atoms with Crippen molar-refractivity contribution in [2.24, 2.45) is 11.8 Å². The number of nitrogens with zero attached hydrogens (tertiary/aromatic N) is 1. The molecule has 1 aliphatic heterocycles. The molecule has 0 aromatic heterocycles. The second-order valence-electron chi connectivity index (χ2n) is 8.07. The lowest BCUT2D eigenvalue weighted by atomic mass is 9.62. The van der Waals surface area contributed by atoms with Crippen LogP contribution in [0.1, 0.15) is 52.5 Å². The zero-order valence-electron chi connectivity index (χ0n) is 17.3. The van der Waals surface area contributed by atoms with Crippen LogP contribution in [0, 0.1) is 17.7 Å². The maximum Gasteiger partial charge on any atom is 0.334 e. The largest absolute Gasteiger partial charge is 0.478 e. The minimum absolute atomic E-state index is 0.0882. The van der Waals surface area contributed by atoms with Crippen LogP contribution in [0.2, 0.25) is 0 Å². The van der Waals surface area contributed by atoms with Crippen LogP contribution in [0.5, 0.6) is 0 Å². The first-order chi connectivity index (χ1) is 13.7. The van der Waals surface area contributed by atoms with Gasteiger partial charge in [0.05, 0.1) is 16.6 Å². The molecule has 3 rings (SSSR count). The van der Waals surface area contributed by atoms with E-state index in [-0.39, 0.29) is 29.4 Å². The van der Waals surface area contributed by atoms with Gasteiger partial charge in [-0.25, -0.2) is 14.0 Å². The fraction of sp³-hybridized carbons (Fsp3) is 0.478. The predicted octanol–water partition coefficient (Wildman–Crippen LogP) is 4.55. The van der Waals surface area contributed by atoms with Crippen molar-refractivity contribution < 1.29 is 24.2 Å².